The summed E-state index contributed by atoms with van der Waals surface area (Å²) in [6, 6.07) is 8.64. The maximum absolute atomic E-state index is 5.42. The van der Waals surface area contributed by atoms with Crippen molar-refractivity contribution >= 4 is 15.9 Å². The van der Waals surface area contributed by atoms with Gasteiger partial charge < -0.3 is 4.74 Å². The Morgan fingerprint density at radius 1 is 1.21 bits per heavy atom. The summed E-state index contributed by atoms with van der Waals surface area (Å²) in [6.45, 7) is 5.89. The third-order valence-corrected chi connectivity index (χ3v) is 2.46. The van der Waals surface area contributed by atoms with Gasteiger partial charge in [0.1, 0.15) is 0 Å². The highest BCUT2D eigenvalue weighted by Gasteiger charge is 1.98. The fourth-order valence-electron chi connectivity index (χ4n) is 1.24. The van der Waals surface area contributed by atoms with Gasteiger partial charge in [-0.2, -0.15) is 0 Å². The van der Waals surface area contributed by atoms with Gasteiger partial charge in [0, 0.05) is 5.33 Å². The van der Waals surface area contributed by atoms with Crippen LogP contribution in [0.25, 0.3) is 0 Å². The van der Waals surface area contributed by atoms with Gasteiger partial charge in [-0.3, -0.25) is 0 Å². The predicted octanol–water partition coefficient (Wildman–Crippen LogP) is 3.72. The van der Waals surface area contributed by atoms with Crippen LogP contribution in [0.15, 0.2) is 24.3 Å². The number of benzene rings is 1. The van der Waals surface area contributed by atoms with Crippen molar-refractivity contribution in [2.24, 2.45) is 0 Å². The minimum Gasteiger partial charge on any atom is -0.376 e. The molecule has 0 atom stereocenters. The zero-order valence-corrected chi connectivity index (χ0v) is 10.4. The molecule has 0 unspecified atom stereocenters. The van der Waals surface area contributed by atoms with E-state index in [4.69, 9.17) is 4.74 Å². The smallest absolute Gasteiger partial charge is 0.0717 e. The van der Waals surface area contributed by atoms with E-state index in [2.05, 4.69) is 54.0 Å². The van der Waals surface area contributed by atoms with Crippen LogP contribution in [0, 0.1) is 0 Å². The zero-order valence-electron chi connectivity index (χ0n) is 8.79. The average Bonchev–Trinajstić information content (AvgIpc) is 2.19. The molecule has 0 aromatic heterocycles. The zero-order chi connectivity index (χ0) is 10.4. The summed E-state index contributed by atoms with van der Waals surface area (Å²) in [4.78, 5) is 0. The van der Waals surface area contributed by atoms with Crippen LogP contribution in [0.1, 0.15) is 30.9 Å². The summed E-state index contributed by atoms with van der Waals surface area (Å²) < 4.78 is 5.42. The maximum Gasteiger partial charge on any atom is 0.0717 e. The summed E-state index contributed by atoms with van der Waals surface area (Å²) in [5, 5.41) is 0.900. The fourth-order valence-corrected chi connectivity index (χ4v) is 1.47. The lowest BCUT2D eigenvalue weighted by Gasteiger charge is -2.06. The molecule has 0 N–H and O–H groups in total. The molecule has 0 radical (unpaired) electrons. The van der Waals surface area contributed by atoms with E-state index in [1.54, 1.807) is 0 Å². The Balaban J connectivity index is 2.47. The van der Waals surface area contributed by atoms with Crippen molar-refractivity contribution in [2.45, 2.75) is 26.4 Å². The summed E-state index contributed by atoms with van der Waals surface area (Å²) >= 11 is 3.33. The predicted molar refractivity (Wildman–Crippen MR) is 64.0 cm³/mol. The first-order valence-corrected chi connectivity index (χ1v) is 6.08. The molecule has 1 aromatic carbocycles. The molecule has 0 fully saturated rings. The molecule has 0 saturated carbocycles. The molecule has 0 amide bonds. The van der Waals surface area contributed by atoms with Gasteiger partial charge >= 0.3 is 0 Å². The van der Waals surface area contributed by atoms with Crippen LogP contribution >= 0.6 is 15.9 Å². The Bertz CT molecular complexity index is 254. The molecule has 1 nitrogen and oxygen atoms in total. The van der Waals surface area contributed by atoms with Crippen molar-refractivity contribution in [1.82, 2.24) is 0 Å². The van der Waals surface area contributed by atoms with Crippen LogP contribution < -0.4 is 0 Å². The normalized spacial score (nSPS) is 10.9. The molecular weight excluding hydrogens is 240 g/mol. The topological polar surface area (TPSA) is 9.23 Å². The fraction of sp³-hybridized carbons (Fsp3) is 0.500. The van der Waals surface area contributed by atoms with Crippen LogP contribution in [-0.4, -0.2) is 11.9 Å². The summed E-state index contributed by atoms with van der Waals surface area (Å²) in [5.74, 6) is 0.604. The Morgan fingerprint density at radius 3 is 2.36 bits per heavy atom. The maximum atomic E-state index is 5.42. The molecule has 0 bridgehead atoms. The Hall–Kier alpha value is -0.340. The molecule has 0 saturated heterocycles. The molecule has 0 aliphatic heterocycles. The molecule has 1 rings (SSSR count). The van der Waals surface area contributed by atoms with E-state index in [1.807, 2.05) is 0 Å². The van der Waals surface area contributed by atoms with Crippen molar-refractivity contribution in [3.63, 3.8) is 0 Å². The van der Waals surface area contributed by atoms with Crippen LogP contribution in [0.4, 0.5) is 0 Å². The van der Waals surface area contributed by atoms with E-state index in [9.17, 15) is 0 Å². The standard InChI is InChI=1S/C12H17BrO/c1-10(2)12-5-3-11(4-6-12)9-14-8-7-13/h3-6,10H,7-9H2,1-2H3. The molecule has 14 heavy (non-hydrogen) atoms. The van der Waals surface area contributed by atoms with E-state index in [0.29, 0.717) is 12.5 Å². The second-order valence-electron chi connectivity index (χ2n) is 3.64. The van der Waals surface area contributed by atoms with E-state index in [1.165, 1.54) is 11.1 Å². The lowest BCUT2D eigenvalue weighted by Crippen LogP contribution is -1.96. The monoisotopic (exact) mass is 256 g/mol. The second-order valence-corrected chi connectivity index (χ2v) is 4.43. The number of hydrogen-bond acceptors (Lipinski definition) is 1. The molecule has 78 valence electrons. The van der Waals surface area contributed by atoms with Crippen LogP contribution in [0.5, 0.6) is 0 Å². The summed E-state index contributed by atoms with van der Waals surface area (Å²) in [7, 11) is 0. The van der Waals surface area contributed by atoms with Gasteiger partial charge in [-0.25, -0.2) is 0 Å². The van der Waals surface area contributed by atoms with Gasteiger partial charge in [-0.05, 0) is 17.0 Å². The molecule has 2 heteroatoms. The SMILES string of the molecule is CC(C)c1ccc(COCCBr)cc1. The largest absolute Gasteiger partial charge is 0.376 e. The first-order chi connectivity index (χ1) is 6.74. The molecule has 1 aromatic rings. The van der Waals surface area contributed by atoms with E-state index in [-0.39, 0.29) is 0 Å². The quantitative estimate of drug-likeness (QED) is 0.577. The molecular formula is C12H17BrO. The Labute approximate surface area is 94.6 Å². The highest BCUT2D eigenvalue weighted by molar-refractivity contribution is 9.09. The molecule has 0 heterocycles. The van der Waals surface area contributed by atoms with Gasteiger partial charge in [0.05, 0.1) is 13.2 Å². The number of rotatable bonds is 5. The number of ether oxygens (including phenoxy) is 1. The van der Waals surface area contributed by atoms with Crippen molar-refractivity contribution in [3.8, 4) is 0 Å². The van der Waals surface area contributed by atoms with E-state index >= 15 is 0 Å². The number of alkyl halides is 1. The van der Waals surface area contributed by atoms with Crippen molar-refractivity contribution in [2.75, 3.05) is 11.9 Å². The highest BCUT2D eigenvalue weighted by atomic mass is 79.9. The average molecular weight is 257 g/mol. The van der Waals surface area contributed by atoms with E-state index < -0.39 is 0 Å². The number of halogens is 1. The van der Waals surface area contributed by atoms with Crippen molar-refractivity contribution in [3.05, 3.63) is 35.4 Å². The highest BCUT2D eigenvalue weighted by Crippen LogP contribution is 2.14. The molecule has 0 spiro atoms. The van der Waals surface area contributed by atoms with Crippen LogP contribution in [-0.2, 0) is 11.3 Å². The summed E-state index contributed by atoms with van der Waals surface area (Å²) in [6.07, 6.45) is 0. The third kappa shape index (κ3) is 3.81. The van der Waals surface area contributed by atoms with Crippen molar-refractivity contribution < 1.29 is 4.74 Å². The third-order valence-electron chi connectivity index (χ3n) is 2.14. The lowest BCUT2D eigenvalue weighted by molar-refractivity contribution is 0.137. The van der Waals surface area contributed by atoms with Crippen molar-refractivity contribution in [1.29, 1.82) is 0 Å². The van der Waals surface area contributed by atoms with Gasteiger partial charge in [-0.15, -0.1) is 0 Å². The van der Waals surface area contributed by atoms with Crippen LogP contribution in [0.3, 0.4) is 0 Å². The first kappa shape index (κ1) is 11.7. The summed E-state index contributed by atoms with van der Waals surface area (Å²) in [5.41, 5.74) is 2.63. The van der Waals surface area contributed by atoms with Gasteiger partial charge in [0.15, 0.2) is 0 Å². The first-order valence-electron chi connectivity index (χ1n) is 4.96. The van der Waals surface area contributed by atoms with Gasteiger partial charge in [0.25, 0.3) is 0 Å². The van der Waals surface area contributed by atoms with Gasteiger partial charge in [0.2, 0.25) is 0 Å². The minimum absolute atomic E-state index is 0.604. The Morgan fingerprint density at radius 2 is 1.86 bits per heavy atom. The second kappa shape index (κ2) is 6.20. The number of hydrogen-bond donors (Lipinski definition) is 0. The minimum atomic E-state index is 0.604. The van der Waals surface area contributed by atoms with E-state index in [0.717, 1.165) is 11.9 Å². The molecule has 0 aliphatic rings. The van der Waals surface area contributed by atoms with Gasteiger partial charge in [-0.1, -0.05) is 54.0 Å². The van der Waals surface area contributed by atoms with Crippen LogP contribution in [0.2, 0.25) is 0 Å². The Kier molecular flexibility index (Phi) is 5.20. The molecule has 0 aliphatic carbocycles. The lowest BCUT2D eigenvalue weighted by atomic mass is 10.0.